The van der Waals surface area contributed by atoms with Gasteiger partial charge < -0.3 is 9.47 Å². The van der Waals surface area contributed by atoms with Crippen LogP contribution in [0.4, 0.5) is 0 Å². The summed E-state index contributed by atoms with van der Waals surface area (Å²) in [6, 6.07) is 9.96. The molecule has 1 aromatic rings. The average Bonchev–Trinajstić information content (AvgIpc) is 2.73. The van der Waals surface area contributed by atoms with Crippen LogP contribution in [0.25, 0.3) is 6.08 Å². The van der Waals surface area contributed by atoms with Gasteiger partial charge in [0.15, 0.2) is 5.72 Å². The number of benzene rings is 1. The number of methoxy groups -OCH3 is 1. The lowest BCUT2D eigenvalue weighted by Gasteiger charge is -2.24. The van der Waals surface area contributed by atoms with Crippen LogP contribution in [0.15, 0.2) is 46.6 Å². The second-order valence-corrected chi connectivity index (χ2v) is 4.60. The van der Waals surface area contributed by atoms with Crippen molar-refractivity contribution in [2.45, 2.75) is 25.7 Å². The molecule has 1 aliphatic heterocycles. The van der Waals surface area contributed by atoms with E-state index in [1.54, 1.807) is 13.8 Å². The highest BCUT2D eigenvalue weighted by atomic mass is 16.9. The lowest BCUT2D eigenvalue weighted by atomic mass is 10.2. The molecule has 0 radical (unpaired) electrons. The van der Waals surface area contributed by atoms with Crippen LogP contribution in [-0.4, -0.2) is 25.5 Å². The first-order valence-electron chi connectivity index (χ1n) is 6.10. The fraction of sp³-hybridized carbons (Fsp3) is 0.429. The topological polar surface area (TPSA) is 52.4 Å². The molecule has 19 heavy (non-hydrogen) atoms. The van der Waals surface area contributed by atoms with E-state index >= 15 is 0 Å². The van der Waals surface area contributed by atoms with Crippen LogP contribution in [-0.2, 0) is 14.2 Å². The van der Waals surface area contributed by atoms with E-state index < -0.39 is 11.8 Å². The molecule has 0 saturated heterocycles. The minimum atomic E-state index is -1.43. The molecule has 1 heterocycles. The summed E-state index contributed by atoms with van der Waals surface area (Å²) in [5.41, 5.74) is 0.381. The molecule has 0 N–H and O–H groups in total. The van der Waals surface area contributed by atoms with Crippen LogP contribution < -0.4 is 0 Å². The molecule has 0 saturated carbocycles. The van der Waals surface area contributed by atoms with Gasteiger partial charge in [-0.25, -0.2) is 0 Å². The third kappa shape index (κ3) is 3.70. The Morgan fingerprint density at radius 2 is 1.95 bits per heavy atom. The largest absolute Gasteiger partial charge is 0.415 e. The van der Waals surface area contributed by atoms with Gasteiger partial charge in [-0.3, -0.25) is 4.74 Å². The molecule has 0 amide bonds. The van der Waals surface area contributed by atoms with Crippen molar-refractivity contribution in [3.05, 3.63) is 42.0 Å². The maximum absolute atomic E-state index is 5.53. The molecule has 5 heteroatoms. The highest BCUT2D eigenvalue weighted by Crippen LogP contribution is 2.32. The molecule has 1 unspecified atom stereocenters. The molecular weight excluding hydrogens is 244 g/mol. The Balaban J connectivity index is 1.89. The number of hydrogen-bond acceptors (Lipinski definition) is 5. The summed E-state index contributed by atoms with van der Waals surface area (Å²) >= 11 is 0. The third-order valence-electron chi connectivity index (χ3n) is 2.52. The molecule has 2 rings (SSSR count). The predicted molar refractivity (Wildman–Crippen MR) is 71.2 cm³/mol. The van der Waals surface area contributed by atoms with Crippen molar-refractivity contribution in [1.29, 1.82) is 0 Å². The zero-order chi connectivity index (χ0) is 13.8. The van der Waals surface area contributed by atoms with E-state index in [1.807, 2.05) is 42.5 Å². The van der Waals surface area contributed by atoms with Gasteiger partial charge in [-0.15, -0.1) is 0 Å². The molecule has 0 spiro atoms. The molecule has 0 aliphatic carbocycles. The quantitative estimate of drug-likeness (QED) is 0.766. The van der Waals surface area contributed by atoms with Gasteiger partial charge in [0.2, 0.25) is 0 Å². The molecule has 1 atom stereocenters. The Morgan fingerprint density at radius 1 is 1.21 bits per heavy atom. The molecule has 5 nitrogen and oxygen atoms in total. The summed E-state index contributed by atoms with van der Waals surface area (Å²) < 4.78 is 16.2. The van der Waals surface area contributed by atoms with E-state index in [2.05, 4.69) is 10.2 Å². The first-order chi connectivity index (χ1) is 9.05. The van der Waals surface area contributed by atoms with Crippen LogP contribution in [0.1, 0.15) is 19.4 Å². The first kappa shape index (κ1) is 13.9. The number of rotatable bonds is 5. The summed E-state index contributed by atoms with van der Waals surface area (Å²) in [6.45, 7) is 3.90. The van der Waals surface area contributed by atoms with E-state index in [9.17, 15) is 0 Å². The molecule has 1 aromatic carbocycles. The third-order valence-corrected chi connectivity index (χ3v) is 2.52. The fourth-order valence-electron chi connectivity index (χ4n) is 1.64. The van der Waals surface area contributed by atoms with Crippen LogP contribution >= 0.6 is 0 Å². The van der Waals surface area contributed by atoms with Gasteiger partial charge in [0.1, 0.15) is 0 Å². The van der Waals surface area contributed by atoms with E-state index in [0.29, 0.717) is 6.61 Å². The lowest BCUT2D eigenvalue weighted by Crippen LogP contribution is -2.37. The van der Waals surface area contributed by atoms with Crippen LogP contribution in [0.5, 0.6) is 0 Å². The summed E-state index contributed by atoms with van der Waals surface area (Å²) in [5.74, 6) is 0. The smallest absolute Gasteiger partial charge is 0.310 e. The van der Waals surface area contributed by atoms with Crippen LogP contribution in [0, 0.1) is 0 Å². The zero-order valence-corrected chi connectivity index (χ0v) is 11.4. The second kappa shape index (κ2) is 5.61. The van der Waals surface area contributed by atoms with Crippen LogP contribution in [0.3, 0.4) is 0 Å². The average molecular weight is 262 g/mol. The molecule has 0 fully saturated rings. The minimum Gasteiger partial charge on any atom is -0.310 e. The summed E-state index contributed by atoms with van der Waals surface area (Å²) in [4.78, 5) is 0. The highest BCUT2D eigenvalue weighted by Gasteiger charge is 2.45. The van der Waals surface area contributed by atoms with Crippen molar-refractivity contribution >= 4 is 6.08 Å². The summed E-state index contributed by atoms with van der Waals surface area (Å²) in [7, 11) is 1.47. The summed E-state index contributed by atoms with van der Waals surface area (Å²) in [5, 5.41) is 7.87. The van der Waals surface area contributed by atoms with Crippen molar-refractivity contribution in [2.24, 2.45) is 10.2 Å². The molecule has 102 valence electrons. The Labute approximate surface area is 112 Å². The lowest BCUT2D eigenvalue weighted by molar-refractivity contribution is -0.372. The first-order valence-corrected chi connectivity index (χ1v) is 6.10. The van der Waals surface area contributed by atoms with Gasteiger partial charge in [0.05, 0.1) is 6.61 Å². The number of hydrogen-bond donors (Lipinski definition) is 0. The van der Waals surface area contributed by atoms with Gasteiger partial charge in [-0.1, -0.05) is 47.6 Å². The molecule has 0 bridgehead atoms. The molecule has 0 aromatic heterocycles. The van der Waals surface area contributed by atoms with E-state index in [0.717, 1.165) is 5.56 Å². The molecule has 1 aliphatic rings. The zero-order valence-electron chi connectivity index (χ0n) is 11.4. The van der Waals surface area contributed by atoms with Crippen molar-refractivity contribution in [1.82, 2.24) is 0 Å². The van der Waals surface area contributed by atoms with E-state index in [1.165, 1.54) is 7.11 Å². The SMILES string of the molecule is COC1(OC/C=C/c2ccccc2)N=NC(C)(C)O1. The Morgan fingerprint density at radius 3 is 2.53 bits per heavy atom. The maximum Gasteiger partial charge on any atom is 0.415 e. The van der Waals surface area contributed by atoms with Crippen molar-refractivity contribution < 1.29 is 14.2 Å². The standard InChI is InChI=1S/C14H18N2O3/c1-13(2)15-16-14(17-3,19-13)18-11-7-10-12-8-5-4-6-9-12/h4-10H,11H2,1-3H3/b10-7+. The normalized spacial score (nSPS) is 25.2. The van der Waals surface area contributed by atoms with Crippen molar-refractivity contribution in [3.8, 4) is 0 Å². The van der Waals surface area contributed by atoms with Gasteiger partial charge in [0, 0.05) is 7.11 Å². The fourth-order valence-corrected chi connectivity index (χ4v) is 1.64. The maximum atomic E-state index is 5.53. The Bertz CT molecular complexity index is 471. The van der Waals surface area contributed by atoms with Gasteiger partial charge in [0.25, 0.3) is 0 Å². The molecular formula is C14H18N2O3. The summed E-state index contributed by atoms with van der Waals surface area (Å²) in [6.07, 6.45) is 2.41. The predicted octanol–water partition coefficient (Wildman–Crippen LogP) is 3.19. The van der Waals surface area contributed by atoms with Crippen molar-refractivity contribution in [3.63, 3.8) is 0 Å². The number of ether oxygens (including phenoxy) is 3. The van der Waals surface area contributed by atoms with Gasteiger partial charge >= 0.3 is 6.10 Å². The van der Waals surface area contributed by atoms with Crippen molar-refractivity contribution in [2.75, 3.05) is 13.7 Å². The van der Waals surface area contributed by atoms with E-state index in [4.69, 9.17) is 14.2 Å². The number of azo groups is 1. The van der Waals surface area contributed by atoms with Gasteiger partial charge in [-0.05, 0) is 19.4 Å². The Kier molecular flexibility index (Phi) is 4.09. The highest BCUT2D eigenvalue weighted by molar-refractivity contribution is 5.48. The minimum absolute atomic E-state index is 0.317. The van der Waals surface area contributed by atoms with Gasteiger partial charge in [-0.2, -0.15) is 5.11 Å². The van der Waals surface area contributed by atoms with Crippen LogP contribution in [0.2, 0.25) is 0 Å². The second-order valence-electron chi connectivity index (χ2n) is 4.60. The van der Waals surface area contributed by atoms with E-state index in [-0.39, 0.29) is 0 Å². The monoisotopic (exact) mass is 262 g/mol. The Hall–Kier alpha value is -1.56. The number of nitrogens with zero attached hydrogens (tertiary/aromatic N) is 2.